The van der Waals surface area contributed by atoms with E-state index in [-0.39, 0.29) is 12.1 Å². The van der Waals surface area contributed by atoms with E-state index in [1.807, 2.05) is 20.9 Å². The molecule has 1 fully saturated rings. The third kappa shape index (κ3) is 1.63. The molecule has 0 amide bonds. The second kappa shape index (κ2) is 3.10. The molecule has 0 aliphatic carbocycles. The van der Waals surface area contributed by atoms with Crippen LogP contribution in [0.25, 0.3) is 0 Å². The van der Waals surface area contributed by atoms with Gasteiger partial charge < -0.3 is 9.64 Å². The predicted octanol–water partition coefficient (Wildman–Crippen LogP) is 0.965. The van der Waals surface area contributed by atoms with Crippen molar-refractivity contribution >= 4 is 0 Å². The molecule has 0 aromatic rings. The molecule has 1 aliphatic rings. The highest BCUT2D eigenvalue weighted by Crippen LogP contribution is 2.22. The van der Waals surface area contributed by atoms with Crippen LogP contribution in [0.1, 0.15) is 20.3 Å². The van der Waals surface area contributed by atoms with Crippen molar-refractivity contribution < 1.29 is 4.74 Å². The van der Waals surface area contributed by atoms with E-state index in [0.29, 0.717) is 6.10 Å². The normalized spacial score (nSPS) is 36.7. The van der Waals surface area contributed by atoms with E-state index >= 15 is 0 Å². The predicted molar refractivity (Wildman–Crippen MR) is 41.8 cm³/mol. The van der Waals surface area contributed by atoms with Crippen molar-refractivity contribution in [3.8, 4) is 6.19 Å². The van der Waals surface area contributed by atoms with Gasteiger partial charge in [-0.05, 0) is 20.3 Å². The van der Waals surface area contributed by atoms with Gasteiger partial charge in [0.25, 0.3) is 0 Å². The molecule has 11 heavy (non-hydrogen) atoms. The van der Waals surface area contributed by atoms with Crippen molar-refractivity contribution in [1.82, 2.24) is 4.90 Å². The van der Waals surface area contributed by atoms with E-state index in [1.165, 1.54) is 0 Å². The van der Waals surface area contributed by atoms with Gasteiger partial charge in [-0.3, -0.25) is 0 Å². The number of rotatable bonds is 1. The molecule has 1 rings (SSSR count). The van der Waals surface area contributed by atoms with Gasteiger partial charge in [-0.25, -0.2) is 0 Å². The molecule has 3 unspecified atom stereocenters. The van der Waals surface area contributed by atoms with Crippen molar-refractivity contribution in [2.45, 2.75) is 38.5 Å². The minimum absolute atomic E-state index is 0.189. The first-order valence-corrected chi connectivity index (χ1v) is 3.93. The van der Waals surface area contributed by atoms with Crippen molar-refractivity contribution in [2.24, 2.45) is 0 Å². The summed E-state index contributed by atoms with van der Waals surface area (Å²) < 4.78 is 5.50. The third-order valence-electron chi connectivity index (χ3n) is 2.22. The summed E-state index contributed by atoms with van der Waals surface area (Å²) in [6, 6.07) is 0.273. The molecule has 62 valence electrons. The fraction of sp³-hybridized carbons (Fsp3) is 0.875. The lowest BCUT2D eigenvalue weighted by Gasteiger charge is -2.20. The van der Waals surface area contributed by atoms with Gasteiger partial charge in [0.15, 0.2) is 6.19 Å². The average Bonchev–Trinajstić information content (AvgIpc) is 2.28. The fourth-order valence-electron chi connectivity index (χ4n) is 1.59. The van der Waals surface area contributed by atoms with E-state index in [0.717, 1.165) is 6.42 Å². The second-order valence-electron chi connectivity index (χ2n) is 3.17. The first-order valence-electron chi connectivity index (χ1n) is 3.93. The maximum atomic E-state index is 8.62. The second-order valence-corrected chi connectivity index (χ2v) is 3.17. The zero-order chi connectivity index (χ0) is 8.43. The van der Waals surface area contributed by atoms with Gasteiger partial charge in [0.1, 0.15) is 0 Å². The summed E-state index contributed by atoms with van der Waals surface area (Å²) in [6.07, 6.45) is 3.56. The van der Waals surface area contributed by atoms with Crippen LogP contribution in [0.5, 0.6) is 0 Å². The Kier molecular flexibility index (Phi) is 2.35. The Balaban J connectivity index is 2.54. The summed E-state index contributed by atoms with van der Waals surface area (Å²) in [4.78, 5) is 1.67. The first kappa shape index (κ1) is 8.35. The Labute approximate surface area is 67.6 Å². The quantitative estimate of drug-likeness (QED) is 0.417. The number of hydrogen-bond donors (Lipinski definition) is 0. The molecular weight excluding hydrogens is 140 g/mol. The maximum Gasteiger partial charge on any atom is 0.179 e. The lowest BCUT2D eigenvalue weighted by Crippen LogP contribution is -2.33. The number of nitrogens with zero attached hydrogens (tertiary/aromatic N) is 2. The standard InChI is InChI=1S/C8H14N2O/c1-6-4-8(7(2)11-6)10(3)5-9/h6-8H,4H2,1-3H3. The summed E-state index contributed by atoms with van der Waals surface area (Å²) in [7, 11) is 1.81. The van der Waals surface area contributed by atoms with Gasteiger partial charge in [0.05, 0.1) is 18.2 Å². The van der Waals surface area contributed by atoms with Crippen molar-refractivity contribution in [3.05, 3.63) is 0 Å². The van der Waals surface area contributed by atoms with Crippen molar-refractivity contribution in [3.63, 3.8) is 0 Å². The molecule has 3 atom stereocenters. The molecule has 0 aromatic carbocycles. The molecule has 0 radical (unpaired) electrons. The molecular formula is C8H14N2O. The minimum atomic E-state index is 0.189. The molecule has 1 saturated heterocycles. The Morgan fingerprint density at radius 2 is 2.18 bits per heavy atom. The average molecular weight is 154 g/mol. The summed E-state index contributed by atoms with van der Waals surface area (Å²) in [5.74, 6) is 0. The van der Waals surface area contributed by atoms with E-state index in [1.54, 1.807) is 4.90 Å². The zero-order valence-electron chi connectivity index (χ0n) is 7.24. The molecule has 1 aliphatic heterocycles. The Hall–Kier alpha value is -0.750. The highest BCUT2D eigenvalue weighted by molar-refractivity contribution is 4.89. The zero-order valence-corrected chi connectivity index (χ0v) is 7.24. The lowest BCUT2D eigenvalue weighted by atomic mass is 10.1. The Bertz CT molecular complexity index is 175. The topological polar surface area (TPSA) is 36.3 Å². The van der Waals surface area contributed by atoms with Crippen LogP contribution in [-0.4, -0.2) is 30.2 Å². The number of hydrogen-bond acceptors (Lipinski definition) is 3. The highest BCUT2D eigenvalue weighted by Gasteiger charge is 2.32. The van der Waals surface area contributed by atoms with Gasteiger partial charge in [-0.15, -0.1) is 0 Å². The van der Waals surface area contributed by atoms with Crippen LogP contribution in [0.15, 0.2) is 0 Å². The molecule has 0 aromatic heterocycles. The summed E-state index contributed by atoms with van der Waals surface area (Å²) >= 11 is 0. The minimum Gasteiger partial charge on any atom is -0.373 e. The van der Waals surface area contributed by atoms with Crippen molar-refractivity contribution in [2.75, 3.05) is 7.05 Å². The van der Waals surface area contributed by atoms with Crippen LogP contribution in [-0.2, 0) is 4.74 Å². The summed E-state index contributed by atoms with van der Waals surface area (Å²) in [5.41, 5.74) is 0. The van der Waals surface area contributed by atoms with Gasteiger partial charge in [0, 0.05) is 7.05 Å². The fourth-order valence-corrected chi connectivity index (χ4v) is 1.59. The summed E-state index contributed by atoms with van der Waals surface area (Å²) in [5, 5.41) is 8.62. The van der Waals surface area contributed by atoms with E-state index in [9.17, 15) is 0 Å². The Morgan fingerprint density at radius 1 is 1.55 bits per heavy atom. The number of likely N-dealkylation sites (N-methyl/N-ethyl adjacent to an activating group) is 1. The summed E-state index contributed by atoms with van der Waals surface area (Å²) in [6.45, 7) is 4.06. The van der Waals surface area contributed by atoms with Gasteiger partial charge in [0.2, 0.25) is 0 Å². The number of nitriles is 1. The smallest absolute Gasteiger partial charge is 0.179 e. The largest absolute Gasteiger partial charge is 0.373 e. The SMILES string of the molecule is CC1CC(N(C)C#N)C(C)O1. The van der Waals surface area contributed by atoms with Crippen LogP contribution in [0.3, 0.4) is 0 Å². The van der Waals surface area contributed by atoms with Crippen LogP contribution < -0.4 is 0 Å². The van der Waals surface area contributed by atoms with Gasteiger partial charge in [-0.2, -0.15) is 5.26 Å². The van der Waals surface area contributed by atoms with Crippen LogP contribution in [0.2, 0.25) is 0 Å². The van der Waals surface area contributed by atoms with E-state index in [2.05, 4.69) is 6.19 Å². The molecule has 1 heterocycles. The maximum absolute atomic E-state index is 8.62. The van der Waals surface area contributed by atoms with E-state index in [4.69, 9.17) is 10.00 Å². The van der Waals surface area contributed by atoms with Gasteiger partial charge in [-0.1, -0.05) is 0 Å². The van der Waals surface area contributed by atoms with Crippen molar-refractivity contribution in [1.29, 1.82) is 5.26 Å². The van der Waals surface area contributed by atoms with Crippen LogP contribution >= 0.6 is 0 Å². The molecule has 0 saturated carbocycles. The molecule has 0 spiro atoms. The van der Waals surface area contributed by atoms with Crippen LogP contribution in [0, 0.1) is 11.5 Å². The monoisotopic (exact) mass is 154 g/mol. The van der Waals surface area contributed by atoms with E-state index < -0.39 is 0 Å². The van der Waals surface area contributed by atoms with Crippen LogP contribution in [0.4, 0.5) is 0 Å². The third-order valence-corrected chi connectivity index (χ3v) is 2.22. The highest BCUT2D eigenvalue weighted by atomic mass is 16.5. The molecule has 0 N–H and O–H groups in total. The molecule has 3 nitrogen and oxygen atoms in total. The molecule has 0 bridgehead atoms. The molecule has 3 heteroatoms. The number of ether oxygens (including phenoxy) is 1. The lowest BCUT2D eigenvalue weighted by molar-refractivity contribution is 0.0525. The first-order chi connectivity index (χ1) is 5.15. The van der Waals surface area contributed by atoms with Gasteiger partial charge >= 0.3 is 0 Å². The Morgan fingerprint density at radius 3 is 2.55 bits per heavy atom.